The Hall–Kier alpha value is -4.11. The summed E-state index contributed by atoms with van der Waals surface area (Å²) in [5.74, 6) is 0. The number of rotatable bonds is 1. The Balaban J connectivity index is 1.90. The fraction of sp³-hybridized carbons (Fsp3) is 0. The van der Waals surface area contributed by atoms with E-state index >= 15 is 0 Å². The van der Waals surface area contributed by atoms with Gasteiger partial charge in [0, 0.05) is 32.8 Å². The van der Waals surface area contributed by atoms with Crippen molar-refractivity contribution in [2.45, 2.75) is 0 Å². The molecule has 0 radical (unpaired) electrons. The van der Waals surface area contributed by atoms with Gasteiger partial charge in [0.25, 0.3) is 0 Å². The van der Waals surface area contributed by atoms with Crippen LogP contribution < -0.4 is 11.1 Å². The molecule has 1 heterocycles. The van der Waals surface area contributed by atoms with E-state index in [1.807, 2.05) is 42.5 Å². The van der Waals surface area contributed by atoms with Crippen molar-refractivity contribution in [2.24, 2.45) is 0 Å². The zero-order valence-corrected chi connectivity index (χ0v) is 16.1. The Morgan fingerprint density at radius 3 is 1.90 bits per heavy atom. The van der Waals surface area contributed by atoms with Gasteiger partial charge in [0.1, 0.15) is 11.2 Å². The van der Waals surface area contributed by atoms with Crippen LogP contribution in [-0.4, -0.2) is 0 Å². The molecule has 0 saturated carbocycles. The molecular weight excluding hydrogens is 368 g/mol. The van der Waals surface area contributed by atoms with Crippen LogP contribution in [0.15, 0.2) is 95.4 Å². The van der Waals surface area contributed by atoms with Gasteiger partial charge in [0.05, 0.1) is 5.36 Å². The van der Waals surface area contributed by atoms with Crippen LogP contribution >= 0.6 is 0 Å². The maximum atomic E-state index is 7.98. The summed E-state index contributed by atoms with van der Waals surface area (Å²) in [5.41, 5.74) is 10.7. The zero-order valence-electron chi connectivity index (χ0n) is 16.1. The Morgan fingerprint density at radius 1 is 0.600 bits per heavy atom. The minimum atomic E-state index is 0.492. The van der Waals surface area contributed by atoms with E-state index in [0.717, 1.165) is 60.3 Å². The number of hydrogen-bond donors (Lipinski definition) is 2. The summed E-state index contributed by atoms with van der Waals surface area (Å²) < 4.78 is 6.61. The summed E-state index contributed by atoms with van der Waals surface area (Å²) in [6, 6.07) is 30.4. The minimum absolute atomic E-state index is 0.492. The Bertz CT molecular complexity index is 1660. The van der Waals surface area contributed by atoms with Crippen LogP contribution in [0, 0.1) is 5.41 Å². The van der Waals surface area contributed by atoms with Crippen molar-refractivity contribution in [3.05, 3.63) is 96.4 Å². The second kappa shape index (κ2) is 6.19. The van der Waals surface area contributed by atoms with Crippen molar-refractivity contribution in [3.8, 4) is 11.1 Å². The van der Waals surface area contributed by atoms with Gasteiger partial charge >= 0.3 is 0 Å². The van der Waals surface area contributed by atoms with E-state index in [0.29, 0.717) is 5.36 Å². The SMILES string of the molecule is N=c1ccc2c(ccc3c(-c4ccccc4)c4ccc5cc(N)ccc5c4oc32)c1. The van der Waals surface area contributed by atoms with Crippen molar-refractivity contribution in [3.63, 3.8) is 0 Å². The normalized spacial score (nSPS) is 11.6. The molecule has 3 N–H and O–H groups in total. The number of benzene rings is 5. The lowest BCUT2D eigenvalue weighted by atomic mass is 9.93. The predicted octanol–water partition coefficient (Wildman–Crippen LogP) is 6.62. The molecule has 3 heteroatoms. The van der Waals surface area contributed by atoms with Crippen LogP contribution in [0.2, 0.25) is 0 Å². The summed E-state index contributed by atoms with van der Waals surface area (Å²) in [4.78, 5) is 0. The highest BCUT2D eigenvalue weighted by molar-refractivity contribution is 6.19. The fourth-order valence-corrected chi connectivity index (χ4v) is 4.40. The Labute approximate surface area is 172 Å². The third-order valence-corrected chi connectivity index (χ3v) is 5.77. The molecule has 3 nitrogen and oxygen atoms in total. The van der Waals surface area contributed by atoms with Crippen LogP contribution in [0.25, 0.3) is 54.6 Å². The molecule has 0 saturated heterocycles. The minimum Gasteiger partial charge on any atom is -0.455 e. The first-order valence-electron chi connectivity index (χ1n) is 9.91. The van der Waals surface area contributed by atoms with E-state index in [4.69, 9.17) is 15.6 Å². The smallest absolute Gasteiger partial charge is 0.143 e. The van der Waals surface area contributed by atoms with E-state index in [9.17, 15) is 0 Å². The number of anilines is 1. The van der Waals surface area contributed by atoms with E-state index < -0.39 is 0 Å². The molecule has 0 aliphatic heterocycles. The number of hydrogen-bond acceptors (Lipinski definition) is 3. The summed E-state index contributed by atoms with van der Waals surface area (Å²) in [6.45, 7) is 0. The molecule has 5 aromatic carbocycles. The van der Waals surface area contributed by atoms with Crippen LogP contribution in [0.3, 0.4) is 0 Å². The molecule has 142 valence electrons. The molecule has 0 bridgehead atoms. The predicted molar refractivity (Wildman–Crippen MR) is 124 cm³/mol. The number of nitrogen functional groups attached to an aromatic ring is 1. The van der Waals surface area contributed by atoms with Gasteiger partial charge in [-0.25, -0.2) is 0 Å². The largest absolute Gasteiger partial charge is 0.455 e. The summed E-state index contributed by atoms with van der Waals surface area (Å²) in [6.07, 6.45) is 0. The maximum absolute atomic E-state index is 7.98. The van der Waals surface area contributed by atoms with Gasteiger partial charge < -0.3 is 15.6 Å². The molecule has 0 atom stereocenters. The van der Waals surface area contributed by atoms with Gasteiger partial charge in [-0.05, 0) is 64.9 Å². The van der Waals surface area contributed by atoms with Gasteiger partial charge in [0.2, 0.25) is 0 Å². The third kappa shape index (κ3) is 2.42. The number of fused-ring (bicyclic) bond motifs is 6. The molecular formula is C27H18N2O. The third-order valence-electron chi connectivity index (χ3n) is 5.77. The average molecular weight is 386 g/mol. The molecule has 0 aliphatic carbocycles. The van der Waals surface area contributed by atoms with E-state index in [1.54, 1.807) is 0 Å². The van der Waals surface area contributed by atoms with Gasteiger partial charge in [-0.1, -0.05) is 42.5 Å². The van der Waals surface area contributed by atoms with Crippen LogP contribution in [0.5, 0.6) is 0 Å². The van der Waals surface area contributed by atoms with E-state index in [1.165, 1.54) is 0 Å². The second-order valence-electron chi connectivity index (χ2n) is 7.64. The first kappa shape index (κ1) is 16.8. The molecule has 1 aromatic heterocycles. The Morgan fingerprint density at radius 2 is 1.20 bits per heavy atom. The molecule has 6 rings (SSSR count). The van der Waals surface area contributed by atoms with Crippen LogP contribution in [0.1, 0.15) is 0 Å². The molecule has 30 heavy (non-hydrogen) atoms. The van der Waals surface area contributed by atoms with Crippen molar-refractivity contribution in [1.29, 1.82) is 5.41 Å². The quantitative estimate of drug-likeness (QED) is 0.189. The van der Waals surface area contributed by atoms with Crippen molar-refractivity contribution in [2.75, 3.05) is 5.73 Å². The Kier molecular flexibility index (Phi) is 3.47. The summed E-state index contributed by atoms with van der Waals surface area (Å²) >= 11 is 0. The van der Waals surface area contributed by atoms with Gasteiger partial charge in [-0.3, -0.25) is 0 Å². The molecule has 0 spiro atoms. The zero-order chi connectivity index (χ0) is 20.2. The molecule has 0 amide bonds. The monoisotopic (exact) mass is 386 g/mol. The van der Waals surface area contributed by atoms with Crippen molar-refractivity contribution >= 4 is 49.2 Å². The lowest BCUT2D eigenvalue weighted by molar-refractivity contribution is 0.669. The first-order valence-corrected chi connectivity index (χ1v) is 9.91. The van der Waals surface area contributed by atoms with Gasteiger partial charge in [-0.15, -0.1) is 0 Å². The maximum Gasteiger partial charge on any atom is 0.143 e. The highest BCUT2D eigenvalue weighted by Crippen LogP contribution is 2.41. The fourth-order valence-electron chi connectivity index (χ4n) is 4.40. The average Bonchev–Trinajstić information content (AvgIpc) is 2.77. The van der Waals surface area contributed by atoms with E-state index in [2.05, 4.69) is 48.5 Å². The number of nitrogens with one attached hydrogen (secondary N) is 1. The molecule has 0 fully saturated rings. The topological polar surface area (TPSA) is 63.0 Å². The van der Waals surface area contributed by atoms with Crippen LogP contribution in [0.4, 0.5) is 5.69 Å². The molecule has 0 aliphatic rings. The lowest BCUT2D eigenvalue weighted by Crippen LogP contribution is -1.95. The lowest BCUT2D eigenvalue weighted by Gasteiger charge is -2.14. The standard InChI is InChI=1S/C27H18N2O/c28-19-8-12-21-17(14-19)6-10-23-25(16-4-2-1-3-5-16)24-11-7-18-15-20(29)9-13-22(18)27(24)30-26(21)23/h1-15,28H,29H2. The summed E-state index contributed by atoms with van der Waals surface area (Å²) in [7, 11) is 0. The highest BCUT2D eigenvalue weighted by Gasteiger charge is 2.16. The van der Waals surface area contributed by atoms with Crippen molar-refractivity contribution < 1.29 is 4.42 Å². The van der Waals surface area contributed by atoms with Crippen LogP contribution in [-0.2, 0) is 0 Å². The highest BCUT2D eigenvalue weighted by atomic mass is 16.3. The van der Waals surface area contributed by atoms with Gasteiger partial charge in [0.15, 0.2) is 0 Å². The molecule has 6 aromatic rings. The first-order chi connectivity index (χ1) is 14.7. The van der Waals surface area contributed by atoms with E-state index in [-0.39, 0.29) is 0 Å². The van der Waals surface area contributed by atoms with Crippen molar-refractivity contribution in [1.82, 2.24) is 0 Å². The molecule has 0 unspecified atom stereocenters. The number of nitrogens with two attached hydrogens (primary N) is 1. The summed E-state index contributed by atoms with van der Waals surface area (Å²) in [5, 5.41) is 14.7. The van der Waals surface area contributed by atoms with Gasteiger partial charge in [-0.2, -0.15) is 0 Å². The second-order valence-corrected chi connectivity index (χ2v) is 7.64.